The molecule has 0 N–H and O–H groups in total. The molecule has 1 aliphatic rings. The molecular formula is C19H21ClN2O3. The number of rotatable bonds is 6. The number of anilines is 1. The van der Waals surface area contributed by atoms with Crippen LogP contribution in [0.25, 0.3) is 0 Å². The first-order valence-corrected chi connectivity index (χ1v) is 8.83. The molecule has 6 heteroatoms. The fraction of sp³-hybridized carbons (Fsp3) is 0.368. The van der Waals surface area contributed by atoms with Gasteiger partial charge in [-0.15, -0.1) is 0 Å². The van der Waals surface area contributed by atoms with Crippen molar-refractivity contribution in [2.24, 2.45) is 0 Å². The van der Waals surface area contributed by atoms with E-state index in [-0.39, 0.29) is 6.10 Å². The highest BCUT2D eigenvalue weighted by Crippen LogP contribution is 2.26. The molecule has 1 saturated heterocycles. The summed E-state index contributed by atoms with van der Waals surface area (Å²) in [6, 6.07) is 11.1. The van der Waals surface area contributed by atoms with Gasteiger partial charge in [-0.25, -0.2) is 4.98 Å². The Labute approximate surface area is 152 Å². The number of aromatic nitrogens is 1. The van der Waals surface area contributed by atoms with Crippen LogP contribution in [0.15, 0.2) is 36.4 Å². The second-order valence-corrected chi connectivity index (χ2v) is 6.30. The van der Waals surface area contributed by atoms with E-state index >= 15 is 0 Å². The van der Waals surface area contributed by atoms with Crippen molar-refractivity contribution >= 4 is 23.6 Å². The van der Waals surface area contributed by atoms with Crippen LogP contribution in [-0.2, 0) is 0 Å². The molecular weight excluding hydrogens is 340 g/mol. The van der Waals surface area contributed by atoms with E-state index in [0.717, 1.165) is 43.7 Å². The van der Waals surface area contributed by atoms with Gasteiger partial charge in [0.25, 0.3) is 0 Å². The maximum absolute atomic E-state index is 11.4. The normalized spacial score (nSPS) is 15.0. The summed E-state index contributed by atoms with van der Waals surface area (Å²) in [6.45, 7) is 4.04. The minimum Gasteiger partial charge on any atom is -0.490 e. The number of ether oxygens (including phenoxy) is 2. The van der Waals surface area contributed by atoms with Crippen LogP contribution in [0.1, 0.15) is 30.3 Å². The van der Waals surface area contributed by atoms with E-state index in [0.29, 0.717) is 23.2 Å². The summed E-state index contributed by atoms with van der Waals surface area (Å²) in [6.07, 6.45) is 2.71. The van der Waals surface area contributed by atoms with Gasteiger partial charge in [0.2, 0.25) is 5.88 Å². The van der Waals surface area contributed by atoms with Crippen molar-refractivity contribution < 1.29 is 14.3 Å². The first kappa shape index (κ1) is 17.5. The lowest BCUT2D eigenvalue weighted by Crippen LogP contribution is -2.38. The highest BCUT2D eigenvalue weighted by molar-refractivity contribution is 6.30. The first-order valence-electron chi connectivity index (χ1n) is 8.45. The van der Waals surface area contributed by atoms with Crippen LogP contribution >= 0.6 is 11.6 Å². The molecule has 0 unspecified atom stereocenters. The number of nitrogens with zero attached hydrogens (tertiary/aromatic N) is 2. The van der Waals surface area contributed by atoms with Crippen molar-refractivity contribution in [2.75, 3.05) is 24.6 Å². The highest BCUT2D eigenvalue weighted by atomic mass is 35.5. The van der Waals surface area contributed by atoms with Crippen LogP contribution in [0.2, 0.25) is 5.02 Å². The predicted molar refractivity (Wildman–Crippen MR) is 98.1 cm³/mol. The summed E-state index contributed by atoms with van der Waals surface area (Å²) in [5.74, 6) is 1.31. The second kappa shape index (κ2) is 8.21. The van der Waals surface area contributed by atoms with Gasteiger partial charge in [-0.05, 0) is 37.3 Å². The molecule has 132 valence electrons. The van der Waals surface area contributed by atoms with Crippen molar-refractivity contribution in [1.29, 1.82) is 0 Å². The Morgan fingerprint density at radius 3 is 2.56 bits per heavy atom. The molecule has 1 aromatic carbocycles. The topological polar surface area (TPSA) is 51.7 Å². The molecule has 0 saturated carbocycles. The molecule has 2 aromatic rings. The quantitative estimate of drug-likeness (QED) is 0.729. The minimum absolute atomic E-state index is 0.160. The molecule has 5 nitrogen and oxygen atoms in total. The molecule has 0 spiro atoms. The summed E-state index contributed by atoms with van der Waals surface area (Å²) >= 11 is 5.90. The Morgan fingerprint density at radius 1 is 1.20 bits per heavy atom. The third kappa shape index (κ3) is 4.42. The first-order chi connectivity index (χ1) is 12.2. The summed E-state index contributed by atoms with van der Waals surface area (Å²) in [4.78, 5) is 17.8. The lowest BCUT2D eigenvalue weighted by Gasteiger charge is -2.34. The molecule has 25 heavy (non-hydrogen) atoms. The summed E-state index contributed by atoms with van der Waals surface area (Å²) in [5.41, 5.74) is 1.27. The number of halogens is 1. The van der Waals surface area contributed by atoms with Crippen molar-refractivity contribution in [3.63, 3.8) is 0 Å². The van der Waals surface area contributed by atoms with E-state index in [4.69, 9.17) is 21.1 Å². The van der Waals surface area contributed by atoms with Gasteiger partial charge in [0.15, 0.2) is 6.29 Å². The van der Waals surface area contributed by atoms with Crippen LogP contribution in [0.3, 0.4) is 0 Å². The van der Waals surface area contributed by atoms with Crippen molar-refractivity contribution in [2.45, 2.75) is 25.9 Å². The minimum atomic E-state index is 0.160. The molecule has 0 bridgehead atoms. The van der Waals surface area contributed by atoms with Gasteiger partial charge in [-0.1, -0.05) is 11.6 Å². The number of aldehydes is 1. The van der Waals surface area contributed by atoms with E-state index in [2.05, 4.69) is 9.88 Å². The number of hydrogen-bond donors (Lipinski definition) is 0. The van der Waals surface area contributed by atoms with E-state index in [1.807, 2.05) is 43.3 Å². The van der Waals surface area contributed by atoms with E-state index in [9.17, 15) is 4.79 Å². The Hall–Kier alpha value is -2.27. The average molecular weight is 361 g/mol. The SMILES string of the molecule is CCOc1ccc(N2CCC(Oc3ccc(Cl)cc3)CC2)c(C=O)n1. The summed E-state index contributed by atoms with van der Waals surface area (Å²) < 4.78 is 11.4. The number of piperidine rings is 1. The predicted octanol–water partition coefficient (Wildman–Crippen LogP) is 3.99. The molecule has 0 amide bonds. The Bertz CT molecular complexity index is 713. The van der Waals surface area contributed by atoms with Crippen molar-refractivity contribution in [1.82, 2.24) is 4.98 Å². The van der Waals surface area contributed by atoms with Crippen LogP contribution in [-0.4, -0.2) is 37.1 Å². The number of benzene rings is 1. The number of hydrogen-bond acceptors (Lipinski definition) is 5. The lowest BCUT2D eigenvalue weighted by molar-refractivity contribution is 0.111. The second-order valence-electron chi connectivity index (χ2n) is 5.86. The van der Waals surface area contributed by atoms with Gasteiger partial charge in [0.1, 0.15) is 17.5 Å². The molecule has 0 atom stereocenters. The van der Waals surface area contributed by atoms with Crippen molar-refractivity contribution in [3.8, 4) is 11.6 Å². The Morgan fingerprint density at radius 2 is 1.92 bits per heavy atom. The third-order valence-electron chi connectivity index (χ3n) is 4.18. The number of carbonyl (C=O) groups excluding carboxylic acids is 1. The monoisotopic (exact) mass is 360 g/mol. The molecule has 2 heterocycles. The van der Waals surface area contributed by atoms with E-state index < -0.39 is 0 Å². The Balaban J connectivity index is 1.62. The zero-order valence-corrected chi connectivity index (χ0v) is 14.9. The summed E-state index contributed by atoms with van der Waals surface area (Å²) in [7, 11) is 0. The summed E-state index contributed by atoms with van der Waals surface area (Å²) in [5, 5.41) is 0.701. The van der Waals surface area contributed by atoms with Crippen LogP contribution in [0.5, 0.6) is 11.6 Å². The zero-order chi connectivity index (χ0) is 17.6. The lowest BCUT2D eigenvalue weighted by atomic mass is 10.1. The number of carbonyl (C=O) groups is 1. The molecule has 3 rings (SSSR count). The maximum atomic E-state index is 11.4. The molecule has 1 fully saturated rings. The van der Waals surface area contributed by atoms with Crippen molar-refractivity contribution in [3.05, 3.63) is 47.1 Å². The molecule has 1 aliphatic heterocycles. The molecule has 1 aromatic heterocycles. The van der Waals surface area contributed by atoms with Gasteiger partial charge in [-0.2, -0.15) is 0 Å². The molecule has 0 radical (unpaired) electrons. The number of pyridine rings is 1. The largest absolute Gasteiger partial charge is 0.490 e. The van der Waals surface area contributed by atoms with Gasteiger partial charge in [0.05, 0.1) is 12.3 Å². The zero-order valence-electron chi connectivity index (χ0n) is 14.2. The third-order valence-corrected chi connectivity index (χ3v) is 4.43. The Kier molecular flexibility index (Phi) is 5.76. The standard InChI is InChI=1S/C19H21ClN2O3/c1-2-24-19-8-7-18(17(13-23)21-19)22-11-9-16(10-12-22)25-15-5-3-14(20)4-6-15/h3-8,13,16H,2,9-12H2,1H3. The smallest absolute Gasteiger partial charge is 0.213 e. The fourth-order valence-corrected chi connectivity index (χ4v) is 3.08. The van der Waals surface area contributed by atoms with Crippen LogP contribution in [0.4, 0.5) is 5.69 Å². The maximum Gasteiger partial charge on any atom is 0.213 e. The van der Waals surface area contributed by atoms with Gasteiger partial charge >= 0.3 is 0 Å². The van der Waals surface area contributed by atoms with Gasteiger partial charge < -0.3 is 14.4 Å². The van der Waals surface area contributed by atoms with Gasteiger partial charge in [-0.3, -0.25) is 4.79 Å². The average Bonchev–Trinajstić information content (AvgIpc) is 2.64. The van der Waals surface area contributed by atoms with E-state index in [1.54, 1.807) is 0 Å². The fourth-order valence-electron chi connectivity index (χ4n) is 2.95. The van der Waals surface area contributed by atoms with Crippen LogP contribution < -0.4 is 14.4 Å². The van der Waals surface area contributed by atoms with E-state index in [1.165, 1.54) is 0 Å². The molecule has 0 aliphatic carbocycles. The van der Waals surface area contributed by atoms with Gasteiger partial charge in [0, 0.05) is 37.0 Å². The van der Waals surface area contributed by atoms with Crippen LogP contribution in [0, 0.1) is 0 Å². The highest BCUT2D eigenvalue weighted by Gasteiger charge is 2.23.